The van der Waals surface area contributed by atoms with E-state index >= 15 is 0 Å². The number of hydrogen-bond acceptors (Lipinski definition) is 3. The first kappa shape index (κ1) is 11.9. The summed E-state index contributed by atoms with van der Waals surface area (Å²) in [5.74, 6) is -1.71. The van der Waals surface area contributed by atoms with E-state index in [-0.39, 0.29) is 68.4 Å². The molecule has 12 heavy (non-hydrogen) atoms. The second-order valence-corrected chi connectivity index (χ2v) is 2.04. The molecule has 4 nitrogen and oxygen atoms in total. The predicted molar refractivity (Wildman–Crippen MR) is 43.9 cm³/mol. The molecular weight excluding hydrogens is 187 g/mol. The fourth-order valence-corrected chi connectivity index (χ4v) is 0.719. The van der Waals surface area contributed by atoms with E-state index in [9.17, 15) is 4.79 Å². The zero-order chi connectivity index (χ0) is 8.43. The van der Waals surface area contributed by atoms with Crippen LogP contribution in [0, 0.1) is 0 Å². The third-order valence-corrected chi connectivity index (χ3v) is 1.15. The first-order valence-electron chi connectivity index (χ1n) is 2.86. The van der Waals surface area contributed by atoms with Crippen molar-refractivity contribution in [1.82, 2.24) is 0 Å². The van der Waals surface area contributed by atoms with E-state index < -0.39 is 5.97 Å². The van der Waals surface area contributed by atoms with Gasteiger partial charge in [0.05, 0.1) is 5.56 Å². The van der Waals surface area contributed by atoms with Crippen LogP contribution in [0.2, 0.25) is 0 Å². The molecule has 1 aromatic rings. The molecule has 1 aromatic carbocycles. The number of phenols is 2. The summed E-state index contributed by atoms with van der Waals surface area (Å²) >= 11 is 0. The monoisotopic (exact) mass is 194 g/mol. The van der Waals surface area contributed by atoms with Crippen molar-refractivity contribution < 1.29 is 20.1 Å². The maximum atomic E-state index is 10.3. The SMILES string of the molecule is O=C(O)c1cc(O)cc(O)c1.[KH]. The van der Waals surface area contributed by atoms with E-state index in [1.54, 1.807) is 0 Å². The second-order valence-electron chi connectivity index (χ2n) is 2.04. The molecule has 0 bridgehead atoms. The Hall–Kier alpha value is -0.0736. The average molecular weight is 194 g/mol. The van der Waals surface area contributed by atoms with Gasteiger partial charge in [0, 0.05) is 6.07 Å². The van der Waals surface area contributed by atoms with Crippen LogP contribution in [-0.4, -0.2) is 72.7 Å². The van der Waals surface area contributed by atoms with Crippen molar-refractivity contribution in [2.75, 3.05) is 0 Å². The molecular formula is C7H7KO4. The minimum absolute atomic E-state index is 0. The van der Waals surface area contributed by atoms with E-state index in [4.69, 9.17) is 15.3 Å². The van der Waals surface area contributed by atoms with Gasteiger partial charge in [-0.05, 0) is 12.1 Å². The van der Waals surface area contributed by atoms with Crippen molar-refractivity contribution in [3.05, 3.63) is 23.8 Å². The number of hydrogen-bond donors (Lipinski definition) is 3. The molecule has 3 N–H and O–H groups in total. The van der Waals surface area contributed by atoms with Crippen LogP contribution in [0.25, 0.3) is 0 Å². The number of phenolic OH excluding ortho intramolecular Hbond substituents is 2. The van der Waals surface area contributed by atoms with Crippen LogP contribution in [0.1, 0.15) is 10.4 Å². The van der Waals surface area contributed by atoms with Crippen molar-refractivity contribution in [3.63, 3.8) is 0 Å². The Balaban J connectivity index is 0.00000121. The van der Waals surface area contributed by atoms with Crippen LogP contribution in [0.4, 0.5) is 0 Å². The normalized spacial score (nSPS) is 8.67. The van der Waals surface area contributed by atoms with Gasteiger partial charge in [-0.3, -0.25) is 0 Å². The molecule has 0 aliphatic rings. The number of rotatable bonds is 1. The standard InChI is InChI=1S/C7H6O4.K.H/c8-5-1-4(7(10)11)2-6(9)3-5;;/h1-3,8-9H,(H,10,11);;. The molecule has 0 fully saturated rings. The predicted octanol–water partition coefficient (Wildman–Crippen LogP) is 0.147. The topological polar surface area (TPSA) is 77.8 Å². The van der Waals surface area contributed by atoms with E-state index in [0.717, 1.165) is 18.2 Å². The van der Waals surface area contributed by atoms with Crippen molar-refractivity contribution in [1.29, 1.82) is 0 Å². The van der Waals surface area contributed by atoms with E-state index in [0.29, 0.717) is 0 Å². The van der Waals surface area contributed by atoms with Gasteiger partial charge in [-0.25, -0.2) is 4.79 Å². The van der Waals surface area contributed by atoms with Crippen LogP contribution in [0.5, 0.6) is 11.5 Å². The summed E-state index contributed by atoms with van der Waals surface area (Å²) in [5.41, 5.74) is -0.137. The summed E-state index contributed by atoms with van der Waals surface area (Å²) < 4.78 is 0. The summed E-state index contributed by atoms with van der Waals surface area (Å²) in [6.45, 7) is 0. The summed E-state index contributed by atoms with van der Waals surface area (Å²) in [6, 6.07) is 3.18. The number of carboxylic acids is 1. The van der Waals surface area contributed by atoms with Gasteiger partial charge in [0.15, 0.2) is 0 Å². The van der Waals surface area contributed by atoms with Crippen molar-refractivity contribution in [2.45, 2.75) is 0 Å². The van der Waals surface area contributed by atoms with Crippen molar-refractivity contribution in [2.24, 2.45) is 0 Å². The van der Waals surface area contributed by atoms with Crippen LogP contribution < -0.4 is 0 Å². The Kier molecular flexibility index (Phi) is 4.80. The molecule has 0 heterocycles. The van der Waals surface area contributed by atoms with Gasteiger partial charge in [-0.15, -0.1) is 0 Å². The molecule has 1 rings (SSSR count). The average Bonchev–Trinajstić information content (AvgIpc) is 1.85. The molecule has 0 aliphatic heterocycles. The number of aromatic hydroxyl groups is 2. The number of aromatic carboxylic acids is 1. The van der Waals surface area contributed by atoms with Crippen LogP contribution in [0.3, 0.4) is 0 Å². The Morgan fingerprint density at radius 1 is 1.08 bits per heavy atom. The molecule has 0 amide bonds. The molecule has 0 aliphatic carbocycles. The summed E-state index contributed by atoms with van der Waals surface area (Å²) in [5, 5.41) is 26.1. The third kappa shape index (κ3) is 3.12. The van der Waals surface area contributed by atoms with Crippen molar-refractivity contribution >= 4 is 57.4 Å². The number of benzene rings is 1. The van der Waals surface area contributed by atoms with E-state index in [1.807, 2.05) is 0 Å². The second kappa shape index (κ2) is 4.83. The Bertz CT molecular complexity index is 277. The molecule has 0 saturated heterocycles. The molecule has 0 radical (unpaired) electrons. The van der Waals surface area contributed by atoms with Gasteiger partial charge >= 0.3 is 57.4 Å². The van der Waals surface area contributed by atoms with Crippen LogP contribution in [0.15, 0.2) is 18.2 Å². The fourth-order valence-electron chi connectivity index (χ4n) is 0.719. The molecule has 5 heteroatoms. The Morgan fingerprint density at radius 2 is 1.50 bits per heavy atom. The van der Waals surface area contributed by atoms with Crippen molar-refractivity contribution in [3.8, 4) is 11.5 Å². The molecule has 0 saturated carbocycles. The molecule has 0 spiro atoms. The van der Waals surface area contributed by atoms with Gasteiger partial charge in [-0.2, -0.15) is 0 Å². The Labute approximate surface area is 111 Å². The number of carbonyl (C=O) groups is 1. The quantitative estimate of drug-likeness (QED) is 0.556. The molecule has 0 unspecified atom stereocenters. The van der Waals surface area contributed by atoms with Gasteiger partial charge < -0.3 is 15.3 Å². The molecule has 0 atom stereocenters. The first-order valence-corrected chi connectivity index (χ1v) is 2.86. The third-order valence-electron chi connectivity index (χ3n) is 1.15. The summed E-state index contributed by atoms with van der Waals surface area (Å²) in [7, 11) is 0. The number of carboxylic acid groups (broad SMARTS) is 1. The van der Waals surface area contributed by atoms with Crippen LogP contribution >= 0.6 is 0 Å². The first-order chi connectivity index (χ1) is 5.09. The maximum absolute atomic E-state index is 10.3. The van der Waals surface area contributed by atoms with Gasteiger partial charge in [0.2, 0.25) is 0 Å². The molecule has 0 aromatic heterocycles. The van der Waals surface area contributed by atoms with Gasteiger partial charge in [-0.1, -0.05) is 0 Å². The van der Waals surface area contributed by atoms with E-state index in [2.05, 4.69) is 0 Å². The zero-order valence-electron chi connectivity index (χ0n) is 5.48. The van der Waals surface area contributed by atoms with Gasteiger partial charge in [0.1, 0.15) is 11.5 Å². The minimum atomic E-state index is -1.18. The fraction of sp³-hybridized carbons (Fsp3) is 0. The van der Waals surface area contributed by atoms with Gasteiger partial charge in [0.25, 0.3) is 0 Å². The Morgan fingerprint density at radius 3 is 1.83 bits per heavy atom. The molecule has 60 valence electrons. The van der Waals surface area contributed by atoms with E-state index in [1.165, 1.54) is 0 Å². The zero-order valence-corrected chi connectivity index (χ0v) is 5.48. The van der Waals surface area contributed by atoms with Crippen LogP contribution in [-0.2, 0) is 0 Å². The summed E-state index contributed by atoms with van der Waals surface area (Å²) in [4.78, 5) is 10.3. The summed E-state index contributed by atoms with van der Waals surface area (Å²) in [6.07, 6.45) is 0.